The fourth-order valence-corrected chi connectivity index (χ4v) is 4.24. The van der Waals surface area contributed by atoms with Gasteiger partial charge < -0.3 is 9.80 Å². The van der Waals surface area contributed by atoms with E-state index in [-0.39, 0.29) is 5.91 Å². The lowest BCUT2D eigenvalue weighted by atomic mass is 10.0. The van der Waals surface area contributed by atoms with E-state index >= 15 is 0 Å². The van der Waals surface area contributed by atoms with Crippen molar-refractivity contribution < 1.29 is 4.79 Å². The van der Waals surface area contributed by atoms with Gasteiger partial charge in [0.15, 0.2) is 0 Å². The van der Waals surface area contributed by atoms with E-state index < -0.39 is 0 Å². The molecule has 3 aromatic carbocycles. The molecule has 0 bridgehead atoms. The van der Waals surface area contributed by atoms with E-state index in [0.29, 0.717) is 5.57 Å². The Labute approximate surface area is 187 Å². The van der Waals surface area contributed by atoms with Crippen LogP contribution in [0.3, 0.4) is 0 Å². The van der Waals surface area contributed by atoms with E-state index in [1.165, 1.54) is 0 Å². The summed E-state index contributed by atoms with van der Waals surface area (Å²) in [6.45, 7) is 3.96. The number of likely N-dealkylation sites (N-methyl/N-ethyl adjacent to an activating group) is 1. The summed E-state index contributed by atoms with van der Waals surface area (Å²) in [5.41, 5.74) is 6.61. The van der Waals surface area contributed by atoms with Crippen LogP contribution in [0.1, 0.15) is 22.5 Å². The minimum absolute atomic E-state index is 0.00591. The van der Waals surface area contributed by atoms with Crippen molar-refractivity contribution in [3.05, 3.63) is 89.2 Å². The number of benzene rings is 3. The minimum Gasteiger partial charge on any atom is -0.329 e. The van der Waals surface area contributed by atoms with E-state index in [1.54, 1.807) is 4.90 Å². The van der Waals surface area contributed by atoms with Crippen LogP contribution >= 0.6 is 0 Å². The van der Waals surface area contributed by atoms with Gasteiger partial charge >= 0.3 is 0 Å². The molecule has 0 saturated heterocycles. The molecule has 5 rings (SSSR count). The number of fused-ring (bicyclic) bond motifs is 2. The first-order valence-electron chi connectivity index (χ1n) is 10.6. The SMILES string of the molecule is Cc1nc(N(C)c2ccc3c(c2)/C(=C/c2ccccc2C)C(=O)N3C)c2ccccc2n1. The van der Waals surface area contributed by atoms with E-state index in [0.717, 1.165) is 50.6 Å². The normalized spacial score (nSPS) is 14.3. The number of hydrogen-bond acceptors (Lipinski definition) is 4. The number of carbonyl (C=O) groups excluding carboxylic acids is 1. The van der Waals surface area contributed by atoms with E-state index in [9.17, 15) is 4.79 Å². The maximum Gasteiger partial charge on any atom is 0.258 e. The maximum absolute atomic E-state index is 13.1. The van der Waals surface area contributed by atoms with Gasteiger partial charge in [0.05, 0.1) is 11.2 Å². The number of para-hydroxylation sites is 1. The summed E-state index contributed by atoms with van der Waals surface area (Å²) in [7, 11) is 3.83. The summed E-state index contributed by atoms with van der Waals surface area (Å²) in [6.07, 6.45) is 1.99. The zero-order valence-electron chi connectivity index (χ0n) is 18.6. The molecule has 0 saturated carbocycles. The van der Waals surface area contributed by atoms with Crippen LogP contribution in [0, 0.1) is 13.8 Å². The van der Waals surface area contributed by atoms with Gasteiger partial charge in [-0.15, -0.1) is 0 Å². The topological polar surface area (TPSA) is 49.3 Å². The third kappa shape index (κ3) is 3.23. The van der Waals surface area contributed by atoms with Crippen LogP contribution in [0.2, 0.25) is 0 Å². The van der Waals surface area contributed by atoms with Gasteiger partial charge in [0.2, 0.25) is 0 Å². The summed E-state index contributed by atoms with van der Waals surface area (Å²) >= 11 is 0. The third-order valence-electron chi connectivity index (χ3n) is 6.05. The number of carbonyl (C=O) groups is 1. The predicted octanol–water partition coefficient (Wildman–Crippen LogP) is 5.53. The molecule has 0 atom stereocenters. The fourth-order valence-electron chi connectivity index (χ4n) is 4.24. The van der Waals surface area contributed by atoms with Gasteiger partial charge in [-0.25, -0.2) is 9.97 Å². The highest BCUT2D eigenvalue weighted by Gasteiger charge is 2.30. The highest BCUT2D eigenvalue weighted by molar-refractivity contribution is 6.35. The second-order valence-corrected chi connectivity index (χ2v) is 8.15. The molecule has 2 heterocycles. The Hall–Kier alpha value is -3.99. The Bertz CT molecular complexity index is 1410. The van der Waals surface area contributed by atoms with Crippen molar-refractivity contribution in [2.45, 2.75) is 13.8 Å². The first kappa shape index (κ1) is 19.9. The van der Waals surface area contributed by atoms with Crippen molar-refractivity contribution in [2.24, 2.45) is 0 Å². The van der Waals surface area contributed by atoms with Crippen LogP contribution < -0.4 is 9.80 Å². The van der Waals surface area contributed by atoms with Gasteiger partial charge in [0.25, 0.3) is 5.91 Å². The van der Waals surface area contributed by atoms with Gasteiger partial charge in [-0.05, 0) is 61.4 Å². The van der Waals surface area contributed by atoms with Crippen molar-refractivity contribution in [2.75, 3.05) is 23.9 Å². The summed E-state index contributed by atoms with van der Waals surface area (Å²) in [5, 5.41) is 0.991. The average Bonchev–Trinajstić information content (AvgIpc) is 3.03. The van der Waals surface area contributed by atoms with Crippen LogP contribution in [0.4, 0.5) is 17.2 Å². The first-order valence-corrected chi connectivity index (χ1v) is 10.6. The number of nitrogens with zero attached hydrogens (tertiary/aromatic N) is 4. The highest BCUT2D eigenvalue weighted by Crippen LogP contribution is 2.40. The second kappa shape index (κ2) is 7.61. The molecular weight excluding hydrogens is 396 g/mol. The summed E-state index contributed by atoms with van der Waals surface area (Å²) in [4.78, 5) is 26.1. The van der Waals surface area contributed by atoms with E-state index in [1.807, 2.05) is 81.7 Å². The second-order valence-electron chi connectivity index (χ2n) is 8.15. The Morgan fingerprint density at radius 3 is 2.50 bits per heavy atom. The molecule has 5 nitrogen and oxygen atoms in total. The molecule has 5 heteroatoms. The number of hydrogen-bond donors (Lipinski definition) is 0. The van der Waals surface area contributed by atoms with E-state index in [4.69, 9.17) is 4.98 Å². The summed E-state index contributed by atoms with van der Waals surface area (Å²) in [5.74, 6) is 1.57. The highest BCUT2D eigenvalue weighted by atomic mass is 16.2. The van der Waals surface area contributed by atoms with Gasteiger partial charge in [-0.2, -0.15) is 0 Å². The van der Waals surface area contributed by atoms with Gasteiger partial charge in [-0.3, -0.25) is 4.79 Å². The molecule has 0 fully saturated rings. The molecule has 0 unspecified atom stereocenters. The lowest BCUT2D eigenvalue weighted by molar-refractivity contribution is -0.112. The Morgan fingerprint density at radius 2 is 1.69 bits per heavy atom. The smallest absolute Gasteiger partial charge is 0.258 e. The Kier molecular flexibility index (Phi) is 4.74. The zero-order valence-corrected chi connectivity index (χ0v) is 18.6. The standard InChI is InChI=1S/C27H24N4O/c1-17-9-5-6-10-19(17)15-23-22-16-20(13-14-25(22)31(4)27(23)32)30(3)26-21-11-7-8-12-24(21)28-18(2)29-26/h5-16H,1-4H3/b23-15-. The average molecular weight is 421 g/mol. The molecule has 4 aromatic rings. The third-order valence-corrected chi connectivity index (χ3v) is 6.05. The molecule has 1 amide bonds. The number of aromatic nitrogens is 2. The molecular formula is C27H24N4O. The summed E-state index contributed by atoms with van der Waals surface area (Å²) < 4.78 is 0. The lowest BCUT2D eigenvalue weighted by Gasteiger charge is -2.21. The minimum atomic E-state index is 0.00591. The monoisotopic (exact) mass is 420 g/mol. The van der Waals surface area contributed by atoms with Crippen molar-refractivity contribution in [1.82, 2.24) is 9.97 Å². The number of amides is 1. The quantitative estimate of drug-likeness (QED) is 0.409. The van der Waals surface area contributed by atoms with Gasteiger partial charge in [-0.1, -0.05) is 36.4 Å². The molecule has 0 aliphatic carbocycles. The van der Waals surface area contributed by atoms with Crippen LogP contribution in [-0.4, -0.2) is 30.0 Å². The summed E-state index contributed by atoms with van der Waals surface area (Å²) in [6, 6.07) is 22.2. The van der Waals surface area contributed by atoms with Crippen LogP contribution in [0.25, 0.3) is 22.6 Å². The molecule has 1 aromatic heterocycles. The fraction of sp³-hybridized carbons (Fsp3) is 0.148. The van der Waals surface area contributed by atoms with Crippen molar-refractivity contribution in [3.63, 3.8) is 0 Å². The van der Waals surface area contributed by atoms with Gasteiger partial charge in [0, 0.05) is 36.3 Å². The van der Waals surface area contributed by atoms with E-state index in [2.05, 4.69) is 28.9 Å². The molecule has 0 N–H and O–H groups in total. The molecule has 32 heavy (non-hydrogen) atoms. The van der Waals surface area contributed by atoms with Crippen LogP contribution in [-0.2, 0) is 4.79 Å². The molecule has 158 valence electrons. The van der Waals surface area contributed by atoms with Crippen molar-refractivity contribution >= 4 is 45.7 Å². The first-order chi connectivity index (χ1) is 15.4. The zero-order chi connectivity index (χ0) is 22.4. The number of anilines is 3. The van der Waals surface area contributed by atoms with Gasteiger partial charge in [0.1, 0.15) is 11.6 Å². The molecule has 0 radical (unpaired) electrons. The molecule has 0 spiro atoms. The Balaban J connectivity index is 1.64. The largest absolute Gasteiger partial charge is 0.329 e. The predicted molar refractivity (Wildman–Crippen MR) is 131 cm³/mol. The Morgan fingerprint density at radius 1 is 0.938 bits per heavy atom. The van der Waals surface area contributed by atoms with Crippen molar-refractivity contribution in [1.29, 1.82) is 0 Å². The molecule has 1 aliphatic heterocycles. The molecule has 1 aliphatic rings. The maximum atomic E-state index is 13.1. The number of rotatable bonds is 3. The number of aryl methyl sites for hydroxylation is 2. The van der Waals surface area contributed by atoms with Crippen LogP contribution in [0.15, 0.2) is 66.7 Å². The lowest BCUT2D eigenvalue weighted by Crippen LogP contribution is -2.20. The van der Waals surface area contributed by atoms with Crippen molar-refractivity contribution in [3.8, 4) is 0 Å². The van der Waals surface area contributed by atoms with Crippen LogP contribution in [0.5, 0.6) is 0 Å².